The molecule has 0 bridgehead atoms. The molecule has 0 fully saturated rings. The fourth-order valence-corrected chi connectivity index (χ4v) is 1.68. The van der Waals surface area contributed by atoms with E-state index in [9.17, 15) is 4.79 Å². The zero-order valence-corrected chi connectivity index (χ0v) is 10.7. The predicted octanol–water partition coefficient (Wildman–Crippen LogP) is 2.40. The first-order chi connectivity index (χ1) is 8.61. The summed E-state index contributed by atoms with van der Waals surface area (Å²) < 4.78 is 6.52. The van der Waals surface area contributed by atoms with Crippen LogP contribution in [0.5, 0.6) is 0 Å². The van der Waals surface area contributed by atoms with Gasteiger partial charge in [0.2, 0.25) is 0 Å². The Morgan fingerprint density at radius 1 is 1.61 bits per heavy atom. The second kappa shape index (κ2) is 5.03. The minimum absolute atomic E-state index is 0.241. The lowest BCUT2D eigenvalue weighted by molar-refractivity contribution is 0.101. The van der Waals surface area contributed by atoms with Gasteiger partial charge < -0.3 is 9.84 Å². The van der Waals surface area contributed by atoms with Crippen LogP contribution in [0, 0.1) is 6.92 Å². The number of rotatable bonds is 4. The highest BCUT2D eigenvalue weighted by Gasteiger charge is 2.13. The first-order valence-corrected chi connectivity index (χ1v) is 5.89. The van der Waals surface area contributed by atoms with Gasteiger partial charge in [0.05, 0.1) is 0 Å². The molecule has 2 aromatic rings. The Bertz CT molecular complexity index is 530. The fraction of sp³-hybridized carbons (Fsp3) is 0.417. The molecule has 96 valence electrons. The lowest BCUT2D eigenvalue weighted by Gasteiger charge is -2.10. The molecule has 0 aliphatic carbocycles. The van der Waals surface area contributed by atoms with Crippen LogP contribution in [0.15, 0.2) is 22.9 Å². The molecular formula is C12H16N4O2. The van der Waals surface area contributed by atoms with Gasteiger partial charge in [0, 0.05) is 23.9 Å². The van der Waals surface area contributed by atoms with Crippen molar-refractivity contribution in [1.82, 2.24) is 14.9 Å². The predicted molar refractivity (Wildman–Crippen MR) is 66.4 cm³/mol. The van der Waals surface area contributed by atoms with Crippen LogP contribution < -0.4 is 5.32 Å². The highest BCUT2D eigenvalue weighted by atomic mass is 16.5. The van der Waals surface area contributed by atoms with Crippen LogP contribution in [0.4, 0.5) is 5.82 Å². The molecule has 2 heterocycles. The number of hydrogen-bond acceptors (Lipinski definition) is 4. The Morgan fingerprint density at radius 2 is 2.39 bits per heavy atom. The van der Waals surface area contributed by atoms with E-state index in [1.165, 1.54) is 12.3 Å². The van der Waals surface area contributed by atoms with Crippen LogP contribution >= 0.6 is 0 Å². The van der Waals surface area contributed by atoms with Crippen molar-refractivity contribution in [1.29, 1.82) is 0 Å². The van der Waals surface area contributed by atoms with E-state index in [0.29, 0.717) is 11.9 Å². The van der Waals surface area contributed by atoms with Crippen LogP contribution in [-0.4, -0.2) is 20.8 Å². The largest absolute Gasteiger partial charge is 0.364 e. The molecule has 0 radical (unpaired) electrons. The van der Waals surface area contributed by atoms with Gasteiger partial charge in [-0.1, -0.05) is 12.1 Å². The smallest absolute Gasteiger partial charge is 0.279 e. The third-order valence-electron chi connectivity index (χ3n) is 2.84. The van der Waals surface area contributed by atoms with E-state index < -0.39 is 0 Å². The summed E-state index contributed by atoms with van der Waals surface area (Å²) in [6.07, 6.45) is 2.34. The standard InChI is InChI=1S/C12H16N4O2/c1-4-8(2)16-9(3)7-11(14-16)13-12(17)10-5-6-18-15-10/h5-8H,4H2,1-3H3,(H,13,14,17). The third kappa shape index (κ3) is 2.42. The maximum Gasteiger partial charge on any atom is 0.279 e. The molecule has 0 saturated carbocycles. The molecule has 6 nitrogen and oxygen atoms in total. The molecule has 1 N–H and O–H groups in total. The minimum Gasteiger partial charge on any atom is -0.364 e. The van der Waals surface area contributed by atoms with E-state index in [-0.39, 0.29) is 11.6 Å². The van der Waals surface area contributed by atoms with Crippen molar-refractivity contribution in [2.75, 3.05) is 5.32 Å². The number of aryl methyl sites for hydroxylation is 1. The van der Waals surface area contributed by atoms with Crippen LogP contribution in [0.3, 0.4) is 0 Å². The summed E-state index contributed by atoms with van der Waals surface area (Å²) in [5.41, 5.74) is 1.26. The number of hydrogen-bond donors (Lipinski definition) is 1. The van der Waals surface area contributed by atoms with Crippen molar-refractivity contribution in [3.05, 3.63) is 29.8 Å². The van der Waals surface area contributed by atoms with E-state index in [0.717, 1.165) is 12.1 Å². The molecule has 2 aromatic heterocycles. The Labute approximate surface area is 105 Å². The number of aromatic nitrogens is 3. The SMILES string of the molecule is CCC(C)n1nc(NC(=O)c2ccon2)cc1C. The van der Waals surface area contributed by atoms with E-state index in [1.807, 2.05) is 17.7 Å². The fourth-order valence-electron chi connectivity index (χ4n) is 1.68. The van der Waals surface area contributed by atoms with Gasteiger partial charge in [0.15, 0.2) is 11.5 Å². The second-order valence-electron chi connectivity index (χ2n) is 4.21. The first-order valence-electron chi connectivity index (χ1n) is 5.89. The van der Waals surface area contributed by atoms with E-state index in [4.69, 9.17) is 0 Å². The van der Waals surface area contributed by atoms with Crippen molar-refractivity contribution in [3.63, 3.8) is 0 Å². The van der Waals surface area contributed by atoms with Crippen molar-refractivity contribution < 1.29 is 9.32 Å². The Balaban J connectivity index is 2.13. The summed E-state index contributed by atoms with van der Waals surface area (Å²) in [4.78, 5) is 11.8. The number of nitrogens with zero attached hydrogens (tertiary/aromatic N) is 3. The van der Waals surface area contributed by atoms with Gasteiger partial charge in [-0.3, -0.25) is 9.48 Å². The quantitative estimate of drug-likeness (QED) is 0.901. The van der Waals surface area contributed by atoms with Gasteiger partial charge >= 0.3 is 0 Å². The number of anilines is 1. The van der Waals surface area contributed by atoms with Crippen molar-refractivity contribution in [3.8, 4) is 0 Å². The zero-order chi connectivity index (χ0) is 13.1. The van der Waals surface area contributed by atoms with Gasteiger partial charge in [0.25, 0.3) is 5.91 Å². The van der Waals surface area contributed by atoms with Gasteiger partial charge in [-0.25, -0.2) is 0 Å². The average Bonchev–Trinajstić information content (AvgIpc) is 2.97. The van der Waals surface area contributed by atoms with Crippen molar-refractivity contribution in [2.45, 2.75) is 33.2 Å². The summed E-state index contributed by atoms with van der Waals surface area (Å²) in [5, 5.41) is 10.6. The molecule has 6 heteroatoms. The molecule has 18 heavy (non-hydrogen) atoms. The molecule has 1 unspecified atom stereocenters. The summed E-state index contributed by atoms with van der Waals surface area (Å²) in [7, 11) is 0. The molecule has 0 aliphatic rings. The van der Waals surface area contributed by atoms with E-state index >= 15 is 0 Å². The summed E-state index contributed by atoms with van der Waals surface area (Å²) in [5.74, 6) is 0.207. The van der Waals surface area contributed by atoms with Crippen LogP contribution in [0.25, 0.3) is 0 Å². The van der Waals surface area contributed by atoms with Gasteiger partial charge in [-0.15, -0.1) is 0 Å². The molecular weight excluding hydrogens is 232 g/mol. The van der Waals surface area contributed by atoms with Gasteiger partial charge in [-0.05, 0) is 20.3 Å². The normalized spacial score (nSPS) is 12.4. The molecule has 0 aliphatic heterocycles. The lowest BCUT2D eigenvalue weighted by atomic mass is 10.2. The second-order valence-corrected chi connectivity index (χ2v) is 4.21. The van der Waals surface area contributed by atoms with Crippen LogP contribution in [0.1, 0.15) is 42.5 Å². The summed E-state index contributed by atoms with van der Waals surface area (Å²) in [6.45, 7) is 6.15. The monoisotopic (exact) mass is 248 g/mol. The van der Waals surface area contributed by atoms with Gasteiger partial charge in [-0.2, -0.15) is 5.10 Å². The number of carbonyl (C=O) groups excluding carboxylic acids is 1. The number of amides is 1. The minimum atomic E-state index is -0.322. The highest BCUT2D eigenvalue weighted by molar-refractivity contribution is 6.02. The Morgan fingerprint density at radius 3 is 3.00 bits per heavy atom. The van der Waals surface area contributed by atoms with Gasteiger partial charge in [0.1, 0.15) is 6.26 Å². The number of nitrogens with one attached hydrogen (secondary N) is 1. The number of carbonyl (C=O) groups is 1. The molecule has 0 aromatic carbocycles. The maximum absolute atomic E-state index is 11.8. The topological polar surface area (TPSA) is 73.0 Å². The zero-order valence-electron chi connectivity index (χ0n) is 10.7. The van der Waals surface area contributed by atoms with Crippen LogP contribution in [-0.2, 0) is 0 Å². The molecule has 2 rings (SSSR count). The molecule has 0 spiro atoms. The van der Waals surface area contributed by atoms with Crippen LogP contribution in [0.2, 0.25) is 0 Å². The average molecular weight is 248 g/mol. The van der Waals surface area contributed by atoms with Crippen molar-refractivity contribution >= 4 is 11.7 Å². The first kappa shape index (κ1) is 12.3. The van der Waals surface area contributed by atoms with E-state index in [2.05, 4.69) is 33.9 Å². The summed E-state index contributed by atoms with van der Waals surface area (Å²) in [6, 6.07) is 3.65. The highest BCUT2D eigenvalue weighted by Crippen LogP contribution is 2.16. The molecule has 1 atom stereocenters. The Hall–Kier alpha value is -2.11. The molecule has 0 saturated heterocycles. The maximum atomic E-state index is 11.8. The summed E-state index contributed by atoms with van der Waals surface area (Å²) >= 11 is 0. The third-order valence-corrected chi connectivity index (χ3v) is 2.84. The van der Waals surface area contributed by atoms with E-state index in [1.54, 1.807) is 0 Å². The Kier molecular flexibility index (Phi) is 3.45. The molecule has 1 amide bonds. The van der Waals surface area contributed by atoms with Crippen molar-refractivity contribution in [2.24, 2.45) is 0 Å². The lowest BCUT2D eigenvalue weighted by Crippen LogP contribution is -2.13.